The van der Waals surface area contributed by atoms with E-state index in [-0.39, 0.29) is 17.6 Å². The van der Waals surface area contributed by atoms with Crippen LogP contribution in [0.2, 0.25) is 0 Å². The fourth-order valence-electron chi connectivity index (χ4n) is 4.64. The van der Waals surface area contributed by atoms with E-state index in [1.807, 2.05) is 36.9 Å². The molecule has 1 amide bonds. The molecule has 0 unspecified atom stereocenters. The van der Waals surface area contributed by atoms with Crippen LogP contribution in [0, 0.1) is 0 Å². The van der Waals surface area contributed by atoms with Gasteiger partial charge in [-0.2, -0.15) is 0 Å². The number of carbonyl (C=O) groups excluding carboxylic acids is 1. The van der Waals surface area contributed by atoms with Gasteiger partial charge in [0.1, 0.15) is 0 Å². The summed E-state index contributed by atoms with van der Waals surface area (Å²) in [6.07, 6.45) is 2.05. The zero-order valence-electron chi connectivity index (χ0n) is 17.4. The van der Waals surface area contributed by atoms with Gasteiger partial charge in [-0.15, -0.1) is 0 Å². The molecule has 2 fully saturated rings. The molecule has 3 N–H and O–H groups in total. The van der Waals surface area contributed by atoms with Gasteiger partial charge in [-0.05, 0) is 58.7 Å². The third-order valence-electron chi connectivity index (χ3n) is 6.39. The van der Waals surface area contributed by atoms with Gasteiger partial charge in [0.05, 0.1) is 29.2 Å². The van der Waals surface area contributed by atoms with Crippen molar-refractivity contribution in [2.45, 2.75) is 58.2 Å². The van der Waals surface area contributed by atoms with Crippen molar-refractivity contribution in [2.75, 3.05) is 36.9 Å². The highest BCUT2D eigenvalue weighted by molar-refractivity contribution is 6.33. The molecule has 6 heteroatoms. The Morgan fingerprint density at radius 2 is 1.86 bits per heavy atom. The molecule has 4 rings (SSSR count). The zero-order valence-corrected chi connectivity index (χ0v) is 17.4. The summed E-state index contributed by atoms with van der Waals surface area (Å²) in [7, 11) is 0. The molecule has 0 radical (unpaired) electrons. The Hall–Kier alpha value is -2.05. The van der Waals surface area contributed by atoms with E-state index in [2.05, 4.69) is 24.1 Å². The maximum Gasteiger partial charge on any atom is 0.261 e. The third kappa shape index (κ3) is 3.18. The van der Waals surface area contributed by atoms with Gasteiger partial charge in [0.2, 0.25) is 0 Å². The minimum Gasteiger partial charge on any atom is -0.399 e. The highest BCUT2D eigenvalue weighted by Gasteiger charge is 2.42. The lowest BCUT2D eigenvalue weighted by Crippen LogP contribution is -2.56. The van der Waals surface area contributed by atoms with E-state index in [0.717, 1.165) is 49.4 Å². The molecule has 152 valence electrons. The number of nitrogens with one attached hydrogen (secondary N) is 1. The normalized spacial score (nSPS) is 24.9. The summed E-state index contributed by atoms with van der Waals surface area (Å²) in [5.74, 6) is 0.0345. The second-order valence-electron chi connectivity index (χ2n) is 8.85. The summed E-state index contributed by atoms with van der Waals surface area (Å²) in [4.78, 5) is 17.6. The first-order chi connectivity index (χ1) is 13.3. The summed E-state index contributed by atoms with van der Waals surface area (Å²) in [5, 5.41) is 3.56. The van der Waals surface area contributed by atoms with Crippen LogP contribution in [0.15, 0.2) is 23.9 Å². The molecule has 1 aromatic carbocycles. The summed E-state index contributed by atoms with van der Waals surface area (Å²) in [6, 6.07) is 6.38. The van der Waals surface area contributed by atoms with Gasteiger partial charge in [0.15, 0.2) is 0 Å². The number of ether oxygens (including phenoxy) is 1. The minimum atomic E-state index is -0.118. The number of anilines is 2. The molecule has 28 heavy (non-hydrogen) atoms. The predicted octanol–water partition coefficient (Wildman–Crippen LogP) is 2.60. The van der Waals surface area contributed by atoms with Crippen LogP contribution in [0.1, 0.15) is 46.1 Å². The lowest BCUT2D eigenvalue weighted by Gasteiger charge is -2.46. The summed E-state index contributed by atoms with van der Waals surface area (Å²) in [5.41, 5.74) is 10.0. The van der Waals surface area contributed by atoms with Crippen molar-refractivity contribution in [1.29, 1.82) is 0 Å². The van der Waals surface area contributed by atoms with Gasteiger partial charge in [-0.25, -0.2) is 0 Å². The first-order valence-corrected chi connectivity index (χ1v) is 10.4. The molecule has 0 saturated carbocycles. The molecule has 1 aromatic rings. The first-order valence-electron chi connectivity index (χ1n) is 10.4. The number of hydrogen-bond donors (Lipinski definition) is 2. The number of nitrogens with two attached hydrogens (primary N) is 1. The van der Waals surface area contributed by atoms with Crippen LogP contribution in [0.4, 0.5) is 11.4 Å². The molecule has 0 aromatic heterocycles. The van der Waals surface area contributed by atoms with Crippen LogP contribution in [-0.2, 0) is 9.53 Å². The van der Waals surface area contributed by atoms with Gasteiger partial charge in [0, 0.05) is 43.0 Å². The van der Waals surface area contributed by atoms with Crippen molar-refractivity contribution in [1.82, 2.24) is 10.2 Å². The summed E-state index contributed by atoms with van der Waals surface area (Å²) in [6.45, 7) is 11.9. The minimum absolute atomic E-state index is 0.0345. The Morgan fingerprint density at radius 1 is 1.14 bits per heavy atom. The van der Waals surface area contributed by atoms with Crippen molar-refractivity contribution in [3.63, 3.8) is 0 Å². The molecule has 3 heterocycles. The number of morpholine rings is 1. The van der Waals surface area contributed by atoms with Crippen LogP contribution < -0.4 is 16.0 Å². The van der Waals surface area contributed by atoms with E-state index in [1.165, 1.54) is 0 Å². The van der Waals surface area contributed by atoms with E-state index in [0.29, 0.717) is 23.9 Å². The topological polar surface area (TPSA) is 70.8 Å². The number of amides is 1. The average Bonchev–Trinajstić information content (AvgIpc) is 2.94. The quantitative estimate of drug-likeness (QED) is 0.606. The number of fused-ring (bicyclic) bond motifs is 1. The second-order valence-corrected chi connectivity index (χ2v) is 8.85. The Balaban J connectivity index is 1.58. The Labute approximate surface area is 167 Å². The van der Waals surface area contributed by atoms with Crippen LogP contribution in [0.5, 0.6) is 0 Å². The Bertz CT molecular complexity index is 795. The number of hydrogen-bond acceptors (Lipinski definition) is 5. The zero-order chi connectivity index (χ0) is 20.1. The molecule has 0 atom stereocenters. The van der Waals surface area contributed by atoms with Gasteiger partial charge >= 0.3 is 0 Å². The van der Waals surface area contributed by atoms with Gasteiger partial charge in [0.25, 0.3) is 5.91 Å². The van der Waals surface area contributed by atoms with Gasteiger partial charge in [-0.3, -0.25) is 4.79 Å². The van der Waals surface area contributed by atoms with E-state index in [1.54, 1.807) is 0 Å². The lowest BCUT2D eigenvalue weighted by atomic mass is 9.88. The standard InChI is InChI=1S/C22H32N4O2/c1-14(2)25-9-7-22(8-10-25)13-24-18(12-28-22)20-17-11-16(23)5-6-19(17)26(15(3)4)21(20)27/h5-6,11,14-15,24H,7-10,12-13,23H2,1-4H3/b20-18-. The van der Waals surface area contributed by atoms with Crippen LogP contribution in [0.25, 0.3) is 5.57 Å². The maximum atomic E-state index is 13.2. The highest BCUT2D eigenvalue weighted by atomic mass is 16.5. The smallest absolute Gasteiger partial charge is 0.261 e. The lowest BCUT2D eigenvalue weighted by molar-refractivity contribution is -0.113. The molecule has 3 aliphatic rings. The fourth-order valence-corrected chi connectivity index (χ4v) is 4.64. The molecular weight excluding hydrogens is 352 g/mol. The number of nitrogens with zero attached hydrogens (tertiary/aromatic N) is 2. The molecule has 0 aliphatic carbocycles. The number of likely N-dealkylation sites (tertiary alicyclic amines) is 1. The van der Waals surface area contributed by atoms with E-state index < -0.39 is 0 Å². The first kappa shape index (κ1) is 19.3. The highest BCUT2D eigenvalue weighted by Crippen LogP contribution is 2.41. The Morgan fingerprint density at radius 3 is 2.43 bits per heavy atom. The SMILES string of the molecule is CC(C)N1CCC2(CC1)CN/C(=C1\C(=O)N(C(C)C)c3ccc(N)cc31)CO2. The van der Waals surface area contributed by atoms with Crippen molar-refractivity contribution >= 4 is 22.9 Å². The second kappa shape index (κ2) is 7.08. The summed E-state index contributed by atoms with van der Waals surface area (Å²) >= 11 is 0. The average molecular weight is 385 g/mol. The maximum absolute atomic E-state index is 13.2. The molecule has 3 aliphatic heterocycles. The van der Waals surface area contributed by atoms with Crippen LogP contribution in [0.3, 0.4) is 0 Å². The molecule has 2 saturated heterocycles. The van der Waals surface area contributed by atoms with E-state index >= 15 is 0 Å². The summed E-state index contributed by atoms with van der Waals surface area (Å²) < 4.78 is 6.40. The van der Waals surface area contributed by atoms with E-state index in [4.69, 9.17) is 10.5 Å². The molecule has 6 nitrogen and oxygen atoms in total. The number of piperidine rings is 1. The number of carbonyl (C=O) groups is 1. The van der Waals surface area contributed by atoms with Gasteiger partial charge in [-0.1, -0.05) is 0 Å². The Kier molecular flexibility index (Phi) is 4.88. The largest absolute Gasteiger partial charge is 0.399 e. The number of benzene rings is 1. The monoisotopic (exact) mass is 384 g/mol. The van der Waals surface area contributed by atoms with Crippen molar-refractivity contribution in [3.8, 4) is 0 Å². The molecule has 0 bridgehead atoms. The molecule has 1 spiro atoms. The van der Waals surface area contributed by atoms with Crippen molar-refractivity contribution in [3.05, 3.63) is 29.5 Å². The van der Waals surface area contributed by atoms with Gasteiger partial charge < -0.3 is 25.6 Å². The van der Waals surface area contributed by atoms with Crippen LogP contribution >= 0.6 is 0 Å². The predicted molar refractivity (Wildman–Crippen MR) is 113 cm³/mol. The van der Waals surface area contributed by atoms with Crippen molar-refractivity contribution in [2.24, 2.45) is 0 Å². The fraction of sp³-hybridized carbons (Fsp3) is 0.591. The number of rotatable bonds is 2. The van der Waals surface area contributed by atoms with E-state index in [9.17, 15) is 4.79 Å². The third-order valence-corrected chi connectivity index (χ3v) is 6.39. The van der Waals surface area contributed by atoms with Crippen LogP contribution in [-0.4, -0.2) is 54.7 Å². The number of nitrogen functional groups attached to an aromatic ring is 1. The van der Waals surface area contributed by atoms with Crippen molar-refractivity contribution < 1.29 is 9.53 Å². The molecular formula is C22H32N4O2.